The molecule has 0 spiro atoms. The summed E-state index contributed by atoms with van der Waals surface area (Å²) in [5.41, 5.74) is 0.0942. The lowest BCUT2D eigenvalue weighted by Crippen LogP contribution is -2.69. The van der Waals surface area contributed by atoms with Gasteiger partial charge >= 0.3 is 0 Å². The van der Waals surface area contributed by atoms with E-state index in [0.717, 1.165) is 19.3 Å². The number of hydrogen-bond donors (Lipinski definition) is 1. The molecule has 2 rings (SSSR count). The van der Waals surface area contributed by atoms with Crippen LogP contribution in [0.4, 0.5) is 0 Å². The topological polar surface area (TPSA) is 49.4 Å². The fourth-order valence-corrected chi connectivity index (χ4v) is 4.00. The second kappa shape index (κ2) is 5.98. The summed E-state index contributed by atoms with van der Waals surface area (Å²) in [5.74, 6) is 0.290. The number of rotatable bonds is 3. The van der Waals surface area contributed by atoms with E-state index in [0.29, 0.717) is 6.42 Å². The Hall–Kier alpha value is -1.06. The molecular weight excluding hydrogens is 264 g/mol. The van der Waals surface area contributed by atoms with Crippen LogP contribution in [0.25, 0.3) is 0 Å². The van der Waals surface area contributed by atoms with Crippen molar-refractivity contribution in [2.75, 3.05) is 0 Å². The van der Waals surface area contributed by atoms with Gasteiger partial charge in [-0.1, -0.05) is 47.5 Å². The van der Waals surface area contributed by atoms with Gasteiger partial charge in [-0.25, -0.2) is 0 Å². The first-order valence-corrected chi connectivity index (χ1v) is 8.42. The first-order chi connectivity index (χ1) is 9.79. The zero-order chi connectivity index (χ0) is 15.8. The van der Waals surface area contributed by atoms with Crippen molar-refractivity contribution in [3.05, 3.63) is 0 Å². The number of piperazine rings is 1. The summed E-state index contributed by atoms with van der Waals surface area (Å²) in [4.78, 5) is 27.4. The van der Waals surface area contributed by atoms with Gasteiger partial charge in [-0.15, -0.1) is 0 Å². The maximum atomic E-state index is 12.9. The summed E-state index contributed by atoms with van der Waals surface area (Å²) in [5, 5.41) is 2.91. The number of nitrogens with zero attached hydrogens (tertiary/aromatic N) is 1. The van der Waals surface area contributed by atoms with Crippen LogP contribution in [0.1, 0.15) is 66.7 Å². The van der Waals surface area contributed by atoms with Crippen LogP contribution in [0, 0.1) is 11.3 Å². The van der Waals surface area contributed by atoms with E-state index in [1.807, 2.05) is 25.7 Å². The molecule has 1 aliphatic carbocycles. The molecular formula is C17H30N2O2. The normalized spacial score (nSPS) is 33.2. The third kappa shape index (κ3) is 2.95. The molecule has 4 heteroatoms. The molecule has 0 aromatic rings. The van der Waals surface area contributed by atoms with Crippen LogP contribution >= 0.6 is 0 Å². The molecule has 1 aliphatic heterocycles. The molecule has 3 atom stereocenters. The lowest BCUT2D eigenvalue weighted by Gasteiger charge is -2.51. The Morgan fingerprint density at radius 2 is 1.95 bits per heavy atom. The van der Waals surface area contributed by atoms with E-state index in [1.54, 1.807) is 0 Å². The number of carbonyl (C=O) groups excluding carboxylic acids is 2. The average Bonchev–Trinajstić information content (AvgIpc) is 2.40. The molecule has 0 bridgehead atoms. The summed E-state index contributed by atoms with van der Waals surface area (Å²) in [6.07, 6.45) is 5.19. The summed E-state index contributed by atoms with van der Waals surface area (Å²) < 4.78 is 0. The second-order valence-corrected chi connectivity index (χ2v) is 7.65. The largest absolute Gasteiger partial charge is 0.343 e. The van der Waals surface area contributed by atoms with Gasteiger partial charge in [0.2, 0.25) is 11.8 Å². The minimum absolute atomic E-state index is 0.0258. The Morgan fingerprint density at radius 3 is 2.48 bits per heavy atom. The van der Waals surface area contributed by atoms with Gasteiger partial charge in [0.15, 0.2) is 0 Å². The minimum atomic E-state index is -0.342. The van der Waals surface area contributed by atoms with Crippen molar-refractivity contribution in [2.24, 2.45) is 11.3 Å². The van der Waals surface area contributed by atoms with Crippen LogP contribution in [-0.4, -0.2) is 34.8 Å². The lowest BCUT2D eigenvalue weighted by atomic mass is 9.71. The van der Waals surface area contributed by atoms with Crippen molar-refractivity contribution >= 4 is 11.8 Å². The summed E-state index contributed by atoms with van der Waals surface area (Å²) in [6.45, 7) is 10.5. The zero-order valence-electron chi connectivity index (χ0n) is 14.1. The molecule has 3 unspecified atom stereocenters. The van der Waals surface area contributed by atoms with Gasteiger partial charge in [0, 0.05) is 6.04 Å². The van der Waals surface area contributed by atoms with Gasteiger partial charge in [-0.05, 0) is 30.6 Å². The van der Waals surface area contributed by atoms with Gasteiger partial charge in [0.25, 0.3) is 0 Å². The van der Waals surface area contributed by atoms with E-state index in [2.05, 4.69) is 19.2 Å². The third-order valence-electron chi connectivity index (χ3n) is 5.26. The Balaban J connectivity index is 2.37. The summed E-state index contributed by atoms with van der Waals surface area (Å²) in [6, 6.07) is -0.473. The SMILES string of the molecule is CCC1NC(=O)C(C(C)C)N(C2CCCCC2(C)C)C1=O. The number of carbonyl (C=O) groups is 2. The molecule has 2 aliphatic rings. The van der Waals surface area contributed by atoms with Crippen LogP contribution in [0.2, 0.25) is 0 Å². The molecule has 1 heterocycles. The molecule has 120 valence electrons. The van der Waals surface area contributed by atoms with Crippen molar-refractivity contribution in [3.8, 4) is 0 Å². The van der Waals surface area contributed by atoms with Crippen LogP contribution in [0.3, 0.4) is 0 Å². The summed E-state index contributed by atoms with van der Waals surface area (Å²) in [7, 11) is 0. The van der Waals surface area contributed by atoms with Crippen molar-refractivity contribution in [3.63, 3.8) is 0 Å². The van der Waals surface area contributed by atoms with Crippen LogP contribution in [-0.2, 0) is 9.59 Å². The standard InChI is InChI=1S/C17H30N2O2/c1-6-12-16(21)19(14(11(2)3)15(20)18-12)13-9-7-8-10-17(13,4)5/h11-14H,6-10H2,1-5H3,(H,18,20). The number of hydrogen-bond acceptors (Lipinski definition) is 2. The van der Waals surface area contributed by atoms with Crippen molar-refractivity contribution in [1.82, 2.24) is 10.2 Å². The minimum Gasteiger partial charge on any atom is -0.343 e. The van der Waals surface area contributed by atoms with E-state index >= 15 is 0 Å². The highest BCUT2D eigenvalue weighted by Gasteiger charge is 2.48. The van der Waals surface area contributed by atoms with Gasteiger partial charge < -0.3 is 10.2 Å². The molecule has 21 heavy (non-hydrogen) atoms. The predicted molar refractivity (Wildman–Crippen MR) is 83.7 cm³/mol. The van der Waals surface area contributed by atoms with Crippen molar-refractivity contribution in [2.45, 2.75) is 84.8 Å². The van der Waals surface area contributed by atoms with E-state index in [1.165, 1.54) is 6.42 Å². The second-order valence-electron chi connectivity index (χ2n) is 7.65. The van der Waals surface area contributed by atoms with Crippen LogP contribution in [0.15, 0.2) is 0 Å². The zero-order valence-corrected chi connectivity index (χ0v) is 14.1. The predicted octanol–water partition coefficient (Wildman–Crippen LogP) is 2.72. The molecule has 1 saturated heterocycles. The monoisotopic (exact) mass is 294 g/mol. The highest BCUT2D eigenvalue weighted by Crippen LogP contribution is 2.41. The van der Waals surface area contributed by atoms with E-state index < -0.39 is 0 Å². The fourth-order valence-electron chi connectivity index (χ4n) is 4.00. The van der Waals surface area contributed by atoms with E-state index in [9.17, 15) is 9.59 Å². The van der Waals surface area contributed by atoms with Crippen LogP contribution in [0.5, 0.6) is 0 Å². The molecule has 0 radical (unpaired) electrons. The molecule has 1 saturated carbocycles. The lowest BCUT2D eigenvalue weighted by molar-refractivity contribution is -0.159. The molecule has 2 fully saturated rings. The highest BCUT2D eigenvalue weighted by molar-refractivity contribution is 5.97. The highest BCUT2D eigenvalue weighted by atomic mass is 16.2. The van der Waals surface area contributed by atoms with Gasteiger partial charge in [0.1, 0.15) is 12.1 Å². The third-order valence-corrected chi connectivity index (χ3v) is 5.26. The molecule has 0 aromatic carbocycles. The fraction of sp³-hybridized carbons (Fsp3) is 0.882. The van der Waals surface area contributed by atoms with E-state index in [4.69, 9.17) is 0 Å². The molecule has 1 N–H and O–H groups in total. The molecule has 0 aromatic heterocycles. The smallest absolute Gasteiger partial charge is 0.246 e. The van der Waals surface area contributed by atoms with Crippen LogP contribution < -0.4 is 5.32 Å². The Labute approximate surface area is 128 Å². The maximum Gasteiger partial charge on any atom is 0.246 e. The number of nitrogens with one attached hydrogen (secondary N) is 1. The Morgan fingerprint density at radius 1 is 1.29 bits per heavy atom. The Kier molecular flexibility index (Phi) is 4.64. The number of amides is 2. The van der Waals surface area contributed by atoms with Gasteiger partial charge in [0.05, 0.1) is 0 Å². The summed E-state index contributed by atoms with van der Waals surface area (Å²) >= 11 is 0. The molecule has 4 nitrogen and oxygen atoms in total. The Bertz CT molecular complexity index is 417. The quantitative estimate of drug-likeness (QED) is 0.870. The van der Waals surface area contributed by atoms with Crippen molar-refractivity contribution in [1.29, 1.82) is 0 Å². The van der Waals surface area contributed by atoms with Gasteiger partial charge in [-0.3, -0.25) is 9.59 Å². The average molecular weight is 294 g/mol. The molecule has 2 amide bonds. The van der Waals surface area contributed by atoms with E-state index in [-0.39, 0.29) is 41.3 Å². The maximum absolute atomic E-state index is 12.9. The first-order valence-electron chi connectivity index (χ1n) is 8.42. The van der Waals surface area contributed by atoms with Crippen molar-refractivity contribution < 1.29 is 9.59 Å². The first kappa shape index (κ1) is 16.3. The van der Waals surface area contributed by atoms with Gasteiger partial charge in [-0.2, -0.15) is 0 Å².